The average Bonchev–Trinajstić information content (AvgIpc) is 2.89. The van der Waals surface area contributed by atoms with Gasteiger partial charge in [-0.25, -0.2) is 0 Å². The van der Waals surface area contributed by atoms with Crippen molar-refractivity contribution in [3.8, 4) is 17.2 Å². The van der Waals surface area contributed by atoms with Crippen molar-refractivity contribution in [2.45, 2.75) is 32.7 Å². The Bertz CT molecular complexity index is 946. The molecule has 3 nitrogen and oxygen atoms in total. The number of rotatable bonds is 4. The number of hydrogen-bond donors (Lipinski definition) is 0. The molecule has 1 aromatic heterocycles. The Balaban J connectivity index is 2.15. The molecular weight excluding hydrogens is 304 g/mol. The Hall–Kier alpha value is -2.38. The Morgan fingerprint density at radius 3 is 2.78 bits per heavy atom. The summed E-state index contributed by atoms with van der Waals surface area (Å²) in [5.74, 6) is 0. The topological polar surface area (TPSA) is 45.8 Å². The Kier molecular flexibility index (Phi) is 4.31. The predicted molar refractivity (Wildman–Crippen MR) is 95.9 cm³/mol. The van der Waals surface area contributed by atoms with Gasteiger partial charge in [-0.2, -0.15) is 5.26 Å². The summed E-state index contributed by atoms with van der Waals surface area (Å²) in [5.41, 5.74) is 3.52. The zero-order valence-corrected chi connectivity index (χ0v) is 14.1. The molecule has 0 N–H and O–H groups in total. The fraction of sp³-hybridized carbons (Fsp3) is 0.263. The summed E-state index contributed by atoms with van der Waals surface area (Å²) >= 11 is 1.28. The molecule has 1 heterocycles. The van der Waals surface area contributed by atoms with E-state index in [0.717, 1.165) is 34.2 Å². The average molecular weight is 322 g/mol. The molecule has 0 saturated heterocycles. The van der Waals surface area contributed by atoms with Gasteiger partial charge in [-0.05, 0) is 42.7 Å². The number of nitriles is 1. The highest BCUT2D eigenvalue weighted by Gasteiger charge is 2.14. The van der Waals surface area contributed by atoms with Gasteiger partial charge in [-0.3, -0.25) is 9.36 Å². The first-order chi connectivity index (χ1) is 11.2. The summed E-state index contributed by atoms with van der Waals surface area (Å²) < 4.78 is 2.87. The molecule has 1 atom stereocenters. The van der Waals surface area contributed by atoms with Crippen LogP contribution in [0.5, 0.6) is 0 Å². The van der Waals surface area contributed by atoms with Crippen LogP contribution in [0.3, 0.4) is 0 Å². The Labute approximate surface area is 139 Å². The fourth-order valence-corrected chi connectivity index (χ4v) is 4.02. The van der Waals surface area contributed by atoms with E-state index >= 15 is 0 Å². The number of thiazole rings is 1. The molecule has 0 radical (unpaired) electrons. The van der Waals surface area contributed by atoms with Gasteiger partial charge < -0.3 is 0 Å². The van der Waals surface area contributed by atoms with Crippen molar-refractivity contribution < 1.29 is 0 Å². The lowest BCUT2D eigenvalue weighted by molar-refractivity contribution is 0.507. The van der Waals surface area contributed by atoms with Gasteiger partial charge in [0.15, 0.2) is 0 Å². The lowest BCUT2D eigenvalue weighted by Crippen LogP contribution is -2.16. The second-order valence-corrected chi connectivity index (χ2v) is 6.71. The standard InChI is InChI=1S/C19H18N2OS/c1-3-6-13(2)21-17-10-9-14(11-18(17)23-19(21)22)16-8-5-4-7-15(16)12-20/h4-5,7-11,13H,3,6H2,1-2H3. The summed E-state index contributed by atoms with van der Waals surface area (Å²) in [6, 6.07) is 16.0. The van der Waals surface area contributed by atoms with Gasteiger partial charge in [0.2, 0.25) is 0 Å². The maximum absolute atomic E-state index is 12.4. The molecule has 1 unspecified atom stereocenters. The molecule has 116 valence electrons. The van der Waals surface area contributed by atoms with Gasteiger partial charge in [0.05, 0.1) is 21.8 Å². The van der Waals surface area contributed by atoms with Gasteiger partial charge in [0.1, 0.15) is 0 Å². The molecule has 0 spiro atoms. The minimum absolute atomic E-state index is 0.0895. The molecule has 0 fully saturated rings. The molecule has 23 heavy (non-hydrogen) atoms. The Morgan fingerprint density at radius 2 is 2.04 bits per heavy atom. The third kappa shape index (κ3) is 2.80. The smallest absolute Gasteiger partial charge is 0.296 e. The monoisotopic (exact) mass is 322 g/mol. The van der Waals surface area contributed by atoms with Gasteiger partial charge in [-0.15, -0.1) is 0 Å². The molecule has 3 rings (SSSR count). The Morgan fingerprint density at radius 1 is 1.26 bits per heavy atom. The summed E-state index contributed by atoms with van der Waals surface area (Å²) in [4.78, 5) is 12.4. The van der Waals surface area contributed by atoms with E-state index in [1.165, 1.54) is 11.3 Å². The molecule has 0 saturated carbocycles. The molecule has 0 amide bonds. The van der Waals surface area contributed by atoms with E-state index in [2.05, 4.69) is 19.9 Å². The van der Waals surface area contributed by atoms with Crippen LogP contribution < -0.4 is 4.87 Å². The van der Waals surface area contributed by atoms with E-state index < -0.39 is 0 Å². The van der Waals surface area contributed by atoms with E-state index in [1.54, 1.807) is 0 Å². The van der Waals surface area contributed by atoms with Gasteiger partial charge in [0, 0.05) is 6.04 Å². The van der Waals surface area contributed by atoms with Crippen molar-refractivity contribution in [1.82, 2.24) is 4.57 Å². The van der Waals surface area contributed by atoms with Crippen LogP contribution >= 0.6 is 11.3 Å². The molecular formula is C19H18N2OS. The molecule has 3 aromatic rings. The lowest BCUT2D eigenvalue weighted by Gasteiger charge is -2.12. The van der Waals surface area contributed by atoms with Crippen LogP contribution in [0, 0.1) is 11.3 Å². The minimum atomic E-state index is 0.0895. The van der Waals surface area contributed by atoms with E-state index in [-0.39, 0.29) is 10.9 Å². The zero-order valence-electron chi connectivity index (χ0n) is 13.2. The molecule has 0 aliphatic carbocycles. The van der Waals surface area contributed by atoms with Crippen LogP contribution in [0.25, 0.3) is 21.3 Å². The van der Waals surface area contributed by atoms with Gasteiger partial charge in [0.25, 0.3) is 0 Å². The van der Waals surface area contributed by atoms with Crippen molar-refractivity contribution in [3.63, 3.8) is 0 Å². The molecule has 0 aliphatic heterocycles. The second-order valence-electron chi connectivity index (χ2n) is 5.72. The van der Waals surface area contributed by atoms with Crippen LogP contribution in [0.1, 0.15) is 38.3 Å². The fourth-order valence-electron chi connectivity index (χ4n) is 3.00. The zero-order chi connectivity index (χ0) is 16.4. The van der Waals surface area contributed by atoms with E-state index in [0.29, 0.717) is 5.56 Å². The van der Waals surface area contributed by atoms with E-state index in [4.69, 9.17) is 0 Å². The number of aromatic nitrogens is 1. The van der Waals surface area contributed by atoms with Crippen molar-refractivity contribution >= 4 is 21.6 Å². The maximum Gasteiger partial charge on any atom is 0.308 e. The highest BCUT2D eigenvalue weighted by molar-refractivity contribution is 7.16. The molecule has 0 bridgehead atoms. The molecule has 2 aromatic carbocycles. The summed E-state index contributed by atoms with van der Waals surface area (Å²) in [5, 5.41) is 9.27. The van der Waals surface area contributed by atoms with Crippen molar-refractivity contribution in [2.24, 2.45) is 0 Å². The first-order valence-electron chi connectivity index (χ1n) is 7.80. The number of nitrogens with zero attached hydrogens (tertiary/aromatic N) is 2. The first-order valence-corrected chi connectivity index (χ1v) is 8.62. The number of hydrogen-bond acceptors (Lipinski definition) is 3. The van der Waals surface area contributed by atoms with Crippen LogP contribution in [0.2, 0.25) is 0 Å². The SMILES string of the molecule is CCCC(C)n1c(=O)sc2cc(-c3ccccc3C#N)ccc21. The second kappa shape index (κ2) is 6.39. The highest BCUT2D eigenvalue weighted by atomic mass is 32.1. The summed E-state index contributed by atoms with van der Waals surface area (Å²) in [6.45, 7) is 4.23. The lowest BCUT2D eigenvalue weighted by atomic mass is 10.0. The van der Waals surface area contributed by atoms with Crippen molar-refractivity contribution in [2.75, 3.05) is 0 Å². The quantitative estimate of drug-likeness (QED) is 0.681. The van der Waals surface area contributed by atoms with Crippen LogP contribution in [0.15, 0.2) is 47.3 Å². The summed E-state index contributed by atoms with van der Waals surface area (Å²) in [7, 11) is 0. The molecule has 0 aliphatic rings. The third-order valence-corrected chi connectivity index (χ3v) is 5.04. The van der Waals surface area contributed by atoms with E-state index in [9.17, 15) is 10.1 Å². The number of benzene rings is 2. The largest absolute Gasteiger partial charge is 0.308 e. The van der Waals surface area contributed by atoms with Gasteiger partial charge in [-0.1, -0.05) is 48.9 Å². The van der Waals surface area contributed by atoms with Crippen molar-refractivity contribution in [1.29, 1.82) is 5.26 Å². The molecule has 4 heteroatoms. The summed E-state index contributed by atoms with van der Waals surface area (Å²) in [6.07, 6.45) is 2.04. The van der Waals surface area contributed by atoms with Crippen LogP contribution in [-0.2, 0) is 0 Å². The van der Waals surface area contributed by atoms with Crippen molar-refractivity contribution in [3.05, 3.63) is 57.7 Å². The maximum atomic E-state index is 12.4. The predicted octanol–water partition coefficient (Wildman–Crippen LogP) is 4.96. The number of fused-ring (bicyclic) bond motifs is 1. The minimum Gasteiger partial charge on any atom is -0.296 e. The highest BCUT2D eigenvalue weighted by Crippen LogP contribution is 2.30. The first kappa shape index (κ1) is 15.5. The van der Waals surface area contributed by atoms with Crippen LogP contribution in [0.4, 0.5) is 0 Å². The van der Waals surface area contributed by atoms with E-state index in [1.807, 2.05) is 47.0 Å². The van der Waals surface area contributed by atoms with Crippen LogP contribution in [-0.4, -0.2) is 4.57 Å². The van der Waals surface area contributed by atoms with Gasteiger partial charge >= 0.3 is 4.87 Å². The third-order valence-electron chi connectivity index (χ3n) is 4.12. The normalized spacial score (nSPS) is 12.2.